The summed E-state index contributed by atoms with van der Waals surface area (Å²) in [7, 11) is 0. The summed E-state index contributed by atoms with van der Waals surface area (Å²) in [6.45, 7) is 5.53. The van der Waals surface area contributed by atoms with E-state index in [0.29, 0.717) is 5.82 Å². The number of nitrogens with zero attached hydrogens (tertiary/aromatic N) is 3. The monoisotopic (exact) mass is 192 g/mol. The van der Waals surface area contributed by atoms with Gasteiger partial charge in [-0.05, 0) is 38.8 Å². The summed E-state index contributed by atoms with van der Waals surface area (Å²) in [5.74, 6) is 1.41. The number of nitrogens with two attached hydrogens (primary N) is 1. The molecule has 2 heterocycles. The Morgan fingerprint density at radius 2 is 2.14 bits per heavy atom. The van der Waals surface area contributed by atoms with Gasteiger partial charge in [0, 0.05) is 12.1 Å². The second-order valence-corrected chi connectivity index (χ2v) is 4.38. The zero-order valence-electron chi connectivity index (χ0n) is 8.70. The van der Waals surface area contributed by atoms with E-state index in [-0.39, 0.29) is 5.54 Å². The van der Waals surface area contributed by atoms with Crippen LogP contribution < -0.4 is 10.6 Å². The van der Waals surface area contributed by atoms with E-state index in [4.69, 9.17) is 5.73 Å². The Hall–Kier alpha value is -1.32. The van der Waals surface area contributed by atoms with Crippen molar-refractivity contribution in [3.8, 4) is 0 Å². The highest BCUT2D eigenvalue weighted by molar-refractivity contribution is 5.44. The third-order valence-electron chi connectivity index (χ3n) is 2.85. The van der Waals surface area contributed by atoms with Crippen LogP contribution >= 0.6 is 0 Å². The highest BCUT2D eigenvalue weighted by Crippen LogP contribution is 2.31. The van der Waals surface area contributed by atoms with Crippen molar-refractivity contribution in [2.75, 3.05) is 17.2 Å². The van der Waals surface area contributed by atoms with Crippen molar-refractivity contribution in [1.82, 2.24) is 10.2 Å². The van der Waals surface area contributed by atoms with Crippen LogP contribution in [0.4, 0.5) is 11.6 Å². The van der Waals surface area contributed by atoms with Crippen molar-refractivity contribution in [3.63, 3.8) is 0 Å². The van der Waals surface area contributed by atoms with Gasteiger partial charge in [0.25, 0.3) is 0 Å². The molecule has 0 radical (unpaired) electrons. The van der Waals surface area contributed by atoms with E-state index in [1.807, 2.05) is 6.07 Å². The van der Waals surface area contributed by atoms with Crippen LogP contribution in [0.5, 0.6) is 0 Å². The van der Waals surface area contributed by atoms with E-state index in [2.05, 4.69) is 28.9 Å². The molecule has 0 atom stereocenters. The molecule has 1 aliphatic heterocycles. The van der Waals surface area contributed by atoms with Crippen LogP contribution in [-0.4, -0.2) is 22.3 Å². The fraction of sp³-hybridized carbons (Fsp3) is 0.600. The molecule has 14 heavy (non-hydrogen) atoms. The molecule has 1 fully saturated rings. The first-order valence-corrected chi connectivity index (χ1v) is 4.96. The molecular formula is C10H16N4. The minimum Gasteiger partial charge on any atom is -0.382 e. The molecule has 4 nitrogen and oxygen atoms in total. The van der Waals surface area contributed by atoms with Crippen molar-refractivity contribution >= 4 is 11.6 Å². The summed E-state index contributed by atoms with van der Waals surface area (Å²) in [4.78, 5) is 2.29. The molecule has 1 aliphatic rings. The second kappa shape index (κ2) is 3.12. The minimum atomic E-state index is 0.199. The lowest BCUT2D eigenvalue weighted by atomic mass is 10.0. The van der Waals surface area contributed by atoms with E-state index in [0.717, 1.165) is 12.4 Å². The number of hydrogen-bond donors (Lipinski definition) is 1. The van der Waals surface area contributed by atoms with E-state index < -0.39 is 0 Å². The predicted octanol–water partition coefficient (Wildman–Crippen LogP) is 1.44. The van der Waals surface area contributed by atoms with Crippen molar-refractivity contribution in [2.24, 2.45) is 0 Å². The number of rotatable bonds is 1. The van der Waals surface area contributed by atoms with Crippen LogP contribution in [-0.2, 0) is 0 Å². The Kier molecular flexibility index (Phi) is 2.06. The van der Waals surface area contributed by atoms with E-state index >= 15 is 0 Å². The molecule has 0 unspecified atom stereocenters. The van der Waals surface area contributed by atoms with Gasteiger partial charge in [0.1, 0.15) is 5.82 Å². The summed E-state index contributed by atoms with van der Waals surface area (Å²) in [5, 5.41) is 7.98. The maximum atomic E-state index is 5.50. The summed E-state index contributed by atoms with van der Waals surface area (Å²) in [5.41, 5.74) is 5.70. The maximum Gasteiger partial charge on any atom is 0.151 e. The highest BCUT2D eigenvalue weighted by atomic mass is 15.3. The van der Waals surface area contributed by atoms with Crippen molar-refractivity contribution in [3.05, 3.63) is 12.1 Å². The molecule has 0 bridgehead atoms. The fourth-order valence-electron chi connectivity index (χ4n) is 2.01. The molecule has 0 amide bonds. The van der Waals surface area contributed by atoms with Crippen LogP contribution in [0.2, 0.25) is 0 Å². The largest absolute Gasteiger partial charge is 0.382 e. The van der Waals surface area contributed by atoms with Gasteiger partial charge < -0.3 is 10.6 Å². The summed E-state index contributed by atoms with van der Waals surface area (Å²) >= 11 is 0. The summed E-state index contributed by atoms with van der Waals surface area (Å²) in [6.07, 6.45) is 2.43. The Morgan fingerprint density at radius 1 is 1.36 bits per heavy atom. The number of anilines is 2. The van der Waals surface area contributed by atoms with Crippen molar-refractivity contribution in [1.29, 1.82) is 0 Å². The van der Waals surface area contributed by atoms with Gasteiger partial charge in [-0.1, -0.05) is 0 Å². The molecular weight excluding hydrogens is 176 g/mol. The maximum absolute atomic E-state index is 5.50. The average Bonchev–Trinajstić information content (AvgIpc) is 2.47. The first-order chi connectivity index (χ1) is 6.59. The Balaban J connectivity index is 2.27. The topological polar surface area (TPSA) is 55.0 Å². The smallest absolute Gasteiger partial charge is 0.151 e. The number of nitrogen functional groups attached to an aromatic ring is 1. The van der Waals surface area contributed by atoms with Gasteiger partial charge in [-0.25, -0.2) is 0 Å². The second-order valence-electron chi connectivity index (χ2n) is 4.38. The van der Waals surface area contributed by atoms with Gasteiger partial charge in [-0.2, -0.15) is 0 Å². The van der Waals surface area contributed by atoms with Crippen LogP contribution in [0, 0.1) is 0 Å². The molecule has 4 heteroatoms. The normalized spacial score (nSPS) is 20.0. The summed E-state index contributed by atoms with van der Waals surface area (Å²) in [6, 6.07) is 3.74. The van der Waals surface area contributed by atoms with Crippen LogP contribution in [0.1, 0.15) is 26.7 Å². The first-order valence-electron chi connectivity index (χ1n) is 4.96. The van der Waals surface area contributed by atoms with Gasteiger partial charge in [0.05, 0.1) is 0 Å². The third kappa shape index (κ3) is 1.52. The summed E-state index contributed by atoms with van der Waals surface area (Å²) < 4.78 is 0. The molecule has 1 saturated heterocycles. The fourth-order valence-corrected chi connectivity index (χ4v) is 2.01. The van der Waals surface area contributed by atoms with E-state index in [9.17, 15) is 0 Å². The molecule has 0 spiro atoms. The number of hydrogen-bond acceptors (Lipinski definition) is 4. The molecule has 0 aromatic carbocycles. The molecule has 2 N–H and O–H groups in total. The Labute approximate surface area is 84.1 Å². The standard InChI is InChI=1S/C10H16N4/c1-10(2)6-3-7-14(10)9-5-4-8(11)12-13-9/h4-5H,3,6-7H2,1-2H3,(H2,11,12). The van der Waals surface area contributed by atoms with Crippen LogP contribution in [0.15, 0.2) is 12.1 Å². The first kappa shape index (κ1) is 9.24. The predicted molar refractivity (Wildman–Crippen MR) is 57.1 cm³/mol. The van der Waals surface area contributed by atoms with E-state index in [1.54, 1.807) is 6.07 Å². The zero-order chi connectivity index (χ0) is 10.2. The van der Waals surface area contributed by atoms with E-state index in [1.165, 1.54) is 12.8 Å². The third-order valence-corrected chi connectivity index (χ3v) is 2.85. The molecule has 1 aromatic rings. The Morgan fingerprint density at radius 3 is 2.64 bits per heavy atom. The lowest BCUT2D eigenvalue weighted by Crippen LogP contribution is -2.38. The molecule has 0 aliphatic carbocycles. The van der Waals surface area contributed by atoms with Crippen molar-refractivity contribution < 1.29 is 0 Å². The quantitative estimate of drug-likeness (QED) is 0.731. The molecule has 1 aromatic heterocycles. The molecule has 2 rings (SSSR count). The molecule has 76 valence electrons. The van der Waals surface area contributed by atoms with Crippen LogP contribution in [0.25, 0.3) is 0 Å². The SMILES string of the molecule is CC1(C)CCCN1c1ccc(N)nn1. The van der Waals surface area contributed by atoms with Crippen molar-refractivity contribution in [2.45, 2.75) is 32.2 Å². The molecule has 0 saturated carbocycles. The van der Waals surface area contributed by atoms with Gasteiger partial charge in [0.15, 0.2) is 5.82 Å². The highest BCUT2D eigenvalue weighted by Gasteiger charge is 2.32. The number of aromatic nitrogens is 2. The Bertz CT molecular complexity index is 317. The minimum absolute atomic E-state index is 0.199. The van der Waals surface area contributed by atoms with Crippen LogP contribution in [0.3, 0.4) is 0 Å². The van der Waals surface area contributed by atoms with Gasteiger partial charge in [-0.3, -0.25) is 0 Å². The van der Waals surface area contributed by atoms with Gasteiger partial charge >= 0.3 is 0 Å². The zero-order valence-corrected chi connectivity index (χ0v) is 8.70. The lowest BCUT2D eigenvalue weighted by Gasteiger charge is -2.32. The average molecular weight is 192 g/mol. The lowest BCUT2D eigenvalue weighted by molar-refractivity contribution is 0.513. The van der Waals surface area contributed by atoms with Gasteiger partial charge in [-0.15, -0.1) is 10.2 Å². The van der Waals surface area contributed by atoms with Gasteiger partial charge in [0.2, 0.25) is 0 Å².